The van der Waals surface area contributed by atoms with Gasteiger partial charge in [0.05, 0.1) is 0 Å². The highest BCUT2D eigenvalue weighted by Crippen LogP contribution is 2.22. The summed E-state index contributed by atoms with van der Waals surface area (Å²) in [4.78, 5) is 4.18. The zero-order valence-corrected chi connectivity index (χ0v) is 10.7. The van der Waals surface area contributed by atoms with Crippen molar-refractivity contribution in [3.63, 3.8) is 0 Å². The Labute approximate surface area is 107 Å². The SMILES string of the molecule is COC(OC)c1ccncc1Cc1ccccc1. The molecule has 3 heteroatoms. The minimum absolute atomic E-state index is 0.341. The van der Waals surface area contributed by atoms with Crippen molar-refractivity contribution < 1.29 is 9.47 Å². The van der Waals surface area contributed by atoms with Crippen LogP contribution in [-0.4, -0.2) is 19.2 Å². The number of methoxy groups -OCH3 is 2. The van der Waals surface area contributed by atoms with Crippen LogP contribution in [0.5, 0.6) is 0 Å². The molecule has 2 aromatic rings. The van der Waals surface area contributed by atoms with E-state index in [2.05, 4.69) is 17.1 Å². The van der Waals surface area contributed by atoms with E-state index >= 15 is 0 Å². The molecule has 0 spiro atoms. The summed E-state index contributed by atoms with van der Waals surface area (Å²) in [7, 11) is 3.28. The molecular weight excluding hydrogens is 226 g/mol. The maximum atomic E-state index is 5.31. The summed E-state index contributed by atoms with van der Waals surface area (Å²) >= 11 is 0. The smallest absolute Gasteiger partial charge is 0.183 e. The van der Waals surface area contributed by atoms with E-state index in [4.69, 9.17) is 9.47 Å². The minimum Gasteiger partial charge on any atom is -0.352 e. The lowest BCUT2D eigenvalue weighted by molar-refractivity contribution is -0.106. The fourth-order valence-electron chi connectivity index (χ4n) is 1.98. The molecule has 94 valence electrons. The number of rotatable bonds is 5. The van der Waals surface area contributed by atoms with Gasteiger partial charge in [-0.15, -0.1) is 0 Å². The van der Waals surface area contributed by atoms with Crippen LogP contribution in [0.25, 0.3) is 0 Å². The van der Waals surface area contributed by atoms with E-state index in [-0.39, 0.29) is 6.29 Å². The van der Waals surface area contributed by atoms with Crippen LogP contribution in [0.4, 0.5) is 0 Å². The zero-order chi connectivity index (χ0) is 12.8. The van der Waals surface area contributed by atoms with Gasteiger partial charge in [0.15, 0.2) is 6.29 Å². The predicted molar refractivity (Wildman–Crippen MR) is 70.2 cm³/mol. The van der Waals surface area contributed by atoms with Crippen LogP contribution >= 0.6 is 0 Å². The number of ether oxygens (including phenoxy) is 2. The molecule has 0 aliphatic rings. The third kappa shape index (κ3) is 2.94. The summed E-state index contributed by atoms with van der Waals surface area (Å²) in [6.45, 7) is 0. The molecular formula is C15H17NO2. The lowest BCUT2D eigenvalue weighted by Gasteiger charge is -2.17. The summed E-state index contributed by atoms with van der Waals surface area (Å²) in [5.74, 6) is 0. The van der Waals surface area contributed by atoms with E-state index in [1.54, 1.807) is 20.4 Å². The van der Waals surface area contributed by atoms with Gasteiger partial charge >= 0.3 is 0 Å². The van der Waals surface area contributed by atoms with Crippen molar-refractivity contribution in [2.45, 2.75) is 12.7 Å². The highest BCUT2D eigenvalue weighted by molar-refractivity contribution is 5.31. The number of hydrogen-bond donors (Lipinski definition) is 0. The number of benzene rings is 1. The van der Waals surface area contributed by atoms with Gasteiger partial charge in [0.1, 0.15) is 0 Å². The molecule has 3 nitrogen and oxygen atoms in total. The van der Waals surface area contributed by atoms with Gasteiger partial charge in [0.2, 0.25) is 0 Å². The van der Waals surface area contributed by atoms with Crippen molar-refractivity contribution in [2.75, 3.05) is 14.2 Å². The second kappa shape index (κ2) is 6.28. The Hall–Kier alpha value is -1.71. The van der Waals surface area contributed by atoms with E-state index in [0.717, 1.165) is 17.5 Å². The molecule has 1 aromatic heterocycles. The second-order valence-corrected chi connectivity index (χ2v) is 4.04. The van der Waals surface area contributed by atoms with Crippen LogP contribution in [0, 0.1) is 0 Å². The Morgan fingerprint density at radius 2 is 1.78 bits per heavy atom. The Morgan fingerprint density at radius 3 is 2.44 bits per heavy atom. The monoisotopic (exact) mass is 243 g/mol. The van der Waals surface area contributed by atoms with Crippen LogP contribution in [0.1, 0.15) is 23.0 Å². The average Bonchev–Trinajstić information content (AvgIpc) is 2.43. The Bertz CT molecular complexity index is 481. The van der Waals surface area contributed by atoms with Gasteiger partial charge in [0, 0.05) is 32.2 Å². The maximum Gasteiger partial charge on any atom is 0.183 e. The number of aromatic nitrogens is 1. The first kappa shape index (κ1) is 12.7. The number of nitrogens with zero attached hydrogens (tertiary/aromatic N) is 1. The number of hydrogen-bond acceptors (Lipinski definition) is 3. The molecule has 0 radical (unpaired) electrons. The first-order valence-electron chi connectivity index (χ1n) is 5.87. The van der Waals surface area contributed by atoms with Crippen LogP contribution in [-0.2, 0) is 15.9 Å². The second-order valence-electron chi connectivity index (χ2n) is 4.04. The number of pyridine rings is 1. The highest BCUT2D eigenvalue weighted by Gasteiger charge is 2.13. The van der Waals surface area contributed by atoms with Crippen molar-refractivity contribution in [3.8, 4) is 0 Å². The molecule has 2 rings (SSSR count). The van der Waals surface area contributed by atoms with Gasteiger partial charge in [-0.25, -0.2) is 0 Å². The Balaban J connectivity index is 2.28. The maximum absolute atomic E-state index is 5.31. The predicted octanol–water partition coefficient (Wildman–Crippen LogP) is 2.96. The van der Waals surface area contributed by atoms with Crippen molar-refractivity contribution >= 4 is 0 Å². The zero-order valence-electron chi connectivity index (χ0n) is 10.7. The molecule has 0 aliphatic heterocycles. The average molecular weight is 243 g/mol. The van der Waals surface area contributed by atoms with Crippen molar-refractivity contribution in [1.29, 1.82) is 0 Å². The Kier molecular flexibility index (Phi) is 4.45. The standard InChI is InChI=1S/C15H17NO2/c1-17-15(18-2)14-8-9-16-11-13(14)10-12-6-4-3-5-7-12/h3-9,11,15H,10H2,1-2H3. The summed E-state index contributed by atoms with van der Waals surface area (Å²) in [5, 5.41) is 0. The van der Waals surface area contributed by atoms with Crippen LogP contribution in [0.15, 0.2) is 48.8 Å². The highest BCUT2D eigenvalue weighted by atomic mass is 16.7. The summed E-state index contributed by atoms with van der Waals surface area (Å²) in [5.41, 5.74) is 3.40. The van der Waals surface area contributed by atoms with E-state index in [9.17, 15) is 0 Å². The Morgan fingerprint density at radius 1 is 1.06 bits per heavy atom. The molecule has 18 heavy (non-hydrogen) atoms. The molecule has 0 atom stereocenters. The molecule has 0 saturated heterocycles. The summed E-state index contributed by atoms with van der Waals surface area (Å²) < 4.78 is 10.6. The van der Waals surface area contributed by atoms with Gasteiger partial charge in [0.25, 0.3) is 0 Å². The first-order chi connectivity index (χ1) is 8.85. The van der Waals surface area contributed by atoms with Crippen molar-refractivity contribution in [1.82, 2.24) is 4.98 Å². The quantitative estimate of drug-likeness (QED) is 0.756. The summed E-state index contributed by atoms with van der Waals surface area (Å²) in [6, 6.07) is 12.2. The molecule has 0 unspecified atom stereocenters. The van der Waals surface area contributed by atoms with Gasteiger partial charge in [-0.05, 0) is 23.6 Å². The topological polar surface area (TPSA) is 31.4 Å². The summed E-state index contributed by atoms with van der Waals surface area (Å²) in [6.07, 6.45) is 4.11. The molecule has 0 amide bonds. The molecule has 0 bridgehead atoms. The van der Waals surface area contributed by atoms with Gasteiger partial charge in [-0.2, -0.15) is 0 Å². The normalized spacial score (nSPS) is 10.8. The third-order valence-electron chi connectivity index (χ3n) is 2.86. The molecule has 0 fully saturated rings. The molecule has 0 saturated carbocycles. The van der Waals surface area contributed by atoms with E-state index in [1.165, 1.54) is 5.56 Å². The van der Waals surface area contributed by atoms with Crippen molar-refractivity contribution in [2.24, 2.45) is 0 Å². The van der Waals surface area contributed by atoms with E-state index in [1.807, 2.05) is 30.5 Å². The van der Waals surface area contributed by atoms with E-state index < -0.39 is 0 Å². The van der Waals surface area contributed by atoms with E-state index in [0.29, 0.717) is 0 Å². The van der Waals surface area contributed by atoms with Crippen LogP contribution in [0.3, 0.4) is 0 Å². The lowest BCUT2D eigenvalue weighted by Crippen LogP contribution is -2.08. The van der Waals surface area contributed by atoms with Crippen LogP contribution < -0.4 is 0 Å². The minimum atomic E-state index is -0.341. The van der Waals surface area contributed by atoms with Crippen LogP contribution in [0.2, 0.25) is 0 Å². The molecule has 0 aliphatic carbocycles. The molecule has 1 aromatic carbocycles. The van der Waals surface area contributed by atoms with Crippen molar-refractivity contribution in [3.05, 3.63) is 65.5 Å². The first-order valence-corrected chi connectivity index (χ1v) is 5.87. The fraction of sp³-hybridized carbons (Fsp3) is 0.267. The van der Waals surface area contributed by atoms with Gasteiger partial charge in [-0.3, -0.25) is 4.98 Å². The molecule has 0 N–H and O–H groups in total. The largest absolute Gasteiger partial charge is 0.352 e. The lowest BCUT2D eigenvalue weighted by atomic mass is 10.0. The molecule has 1 heterocycles. The van der Waals surface area contributed by atoms with Gasteiger partial charge < -0.3 is 9.47 Å². The fourth-order valence-corrected chi connectivity index (χ4v) is 1.98. The van der Waals surface area contributed by atoms with Gasteiger partial charge in [-0.1, -0.05) is 30.3 Å². The third-order valence-corrected chi connectivity index (χ3v) is 2.86.